The third-order valence-electron chi connectivity index (χ3n) is 1.09. The highest BCUT2D eigenvalue weighted by atomic mass is 32.1. The highest BCUT2D eigenvalue weighted by Crippen LogP contribution is 1.95. The maximum Gasteiger partial charge on any atom is 0.241 e. The van der Waals surface area contributed by atoms with Gasteiger partial charge in [0.2, 0.25) is 5.95 Å². The summed E-state index contributed by atoms with van der Waals surface area (Å²) in [5.74, 6) is 0.447. The third-order valence-corrected chi connectivity index (χ3v) is 1.19. The quantitative estimate of drug-likeness (QED) is 0.441. The lowest BCUT2D eigenvalue weighted by Crippen LogP contribution is -2.34. The summed E-state index contributed by atoms with van der Waals surface area (Å²) in [6.45, 7) is 1.87. The van der Waals surface area contributed by atoms with Crippen LogP contribution < -0.4 is 16.6 Å². The van der Waals surface area contributed by atoms with Gasteiger partial charge in [0.1, 0.15) is 0 Å². The molecule has 0 aromatic carbocycles. The molecule has 1 aromatic rings. The van der Waals surface area contributed by atoms with Gasteiger partial charge in [-0.15, -0.1) is 0 Å². The van der Waals surface area contributed by atoms with Gasteiger partial charge in [-0.05, 0) is 25.2 Å². The number of nitrogens with one attached hydrogen (secondary N) is 2. The predicted octanol–water partition coefficient (Wildman–Crippen LogP) is -0.0549. The van der Waals surface area contributed by atoms with Crippen molar-refractivity contribution in [2.24, 2.45) is 5.73 Å². The van der Waals surface area contributed by atoms with Gasteiger partial charge < -0.3 is 5.73 Å². The first kappa shape index (κ1) is 8.66. The summed E-state index contributed by atoms with van der Waals surface area (Å²) in [6.07, 6.45) is 1.64. The van der Waals surface area contributed by atoms with Crippen LogP contribution in [0.2, 0.25) is 0 Å². The molecule has 0 aliphatic carbocycles. The Bertz CT molecular complexity index is 287. The zero-order valence-electron chi connectivity index (χ0n) is 6.53. The molecule has 0 spiro atoms. The van der Waals surface area contributed by atoms with Crippen LogP contribution in [0.1, 0.15) is 5.69 Å². The first-order chi connectivity index (χ1) is 5.68. The van der Waals surface area contributed by atoms with Gasteiger partial charge in [-0.2, -0.15) is 0 Å². The SMILES string of the molecule is Cc1ccnc(NNC(N)=S)n1. The fraction of sp³-hybridized carbons (Fsp3) is 0.167. The van der Waals surface area contributed by atoms with E-state index in [1.54, 1.807) is 12.3 Å². The Morgan fingerprint density at radius 3 is 3.00 bits per heavy atom. The summed E-state index contributed by atoms with van der Waals surface area (Å²) in [4.78, 5) is 7.96. The standard InChI is InChI=1S/C6H9N5S/c1-4-2-3-8-6(9-4)11-10-5(7)12/h2-3H,1H3,(H3,7,10,12)(H,8,9,11). The molecule has 0 radical (unpaired) electrons. The Kier molecular flexibility index (Phi) is 2.76. The second-order valence-electron chi connectivity index (χ2n) is 2.14. The molecular weight excluding hydrogens is 174 g/mol. The summed E-state index contributed by atoms with van der Waals surface area (Å²) in [6, 6.07) is 1.80. The van der Waals surface area contributed by atoms with Gasteiger partial charge >= 0.3 is 0 Å². The Morgan fingerprint density at radius 2 is 2.42 bits per heavy atom. The van der Waals surface area contributed by atoms with E-state index in [0.29, 0.717) is 5.95 Å². The van der Waals surface area contributed by atoms with Gasteiger partial charge in [0.15, 0.2) is 5.11 Å². The number of aromatic nitrogens is 2. The largest absolute Gasteiger partial charge is 0.375 e. The molecule has 1 heterocycles. The van der Waals surface area contributed by atoms with Crippen molar-refractivity contribution in [1.29, 1.82) is 0 Å². The lowest BCUT2D eigenvalue weighted by Gasteiger charge is -2.04. The van der Waals surface area contributed by atoms with Gasteiger partial charge in [-0.1, -0.05) is 0 Å². The van der Waals surface area contributed by atoms with Gasteiger partial charge in [-0.25, -0.2) is 9.97 Å². The Hall–Kier alpha value is -1.43. The lowest BCUT2D eigenvalue weighted by molar-refractivity contribution is 1.01. The normalized spacial score (nSPS) is 9.08. The van der Waals surface area contributed by atoms with Crippen molar-refractivity contribution in [1.82, 2.24) is 15.4 Å². The number of nitrogens with two attached hydrogens (primary N) is 1. The second kappa shape index (κ2) is 3.82. The maximum atomic E-state index is 5.18. The van der Waals surface area contributed by atoms with E-state index in [2.05, 4.69) is 33.0 Å². The second-order valence-corrected chi connectivity index (χ2v) is 2.58. The summed E-state index contributed by atoms with van der Waals surface area (Å²) >= 11 is 4.58. The van der Waals surface area contributed by atoms with E-state index in [1.807, 2.05) is 6.92 Å². The number of anilines is 1. The van der Waals surface area contributed by atoms with Crippen molar-refractivity contribution in [2.45, 2.75) is 6.92 Å². The first-order valence-corrected chi connectivity index (χ1v) is 3.70. The fourth-order valence-electron chi connectivity index (χ4n) is 0.627. The summed E-state index contributed by atoms with van der Waals surface area (Å²) in [5, 5.41) is 0.153. The molecule has 6 heteroatoms. The van der Waals surface area contributed by atoms with E-state index >= 15 is 0 Å². The fourth-order valence-corrected chi connectivity index (χ4v) is 0.678. The molecule has 0 fully saturated rings. The van der Waals surface area contributed by atoms with Crippen LogP contribution in [0.3, 0.4) is 0 Å². The van der Waals surface area contributed by atoms with E-state index < -0.39 is 0 Å². The number of hydrogen-bond acceptors (Lipinski definition) is 4. The van der Waals surface area contributed by atoms with Gasteiger partial charge in [-0.3, -0.25) is 10.9 Å². The Labute approximate surface area is 75.4 Å². The molecule has 0 atom stereocenters. The van der Waals surface area contributed by atoms with Crippen molar-refractivity contribution in [3.8, 4) is 0 Å². The van der Waals surface area contributed by atoms with Crippen LogP contribution in [0.4, 0.5) is 5.95 Å². The molecule has 0 saturated carbocycles. The molecule has 1 aromatic heterocycles. The number of aryl methyl sites for hydroxylation is 1. The smallest absolute Gasteiger partial charge is 0.241 e. The van der Waals surface area contributed by atoms with Crippen molar-refractivity contribution >= 4 is 23.3 Å². The molecule has 1 rings (SSSR count). The van der Waals surface area contributed by atoms with Crippen LogP contribution in [-0.2, 0) is 0 Å². The Morgan fingerprint density at radius 1 is 1.67 bits per heavy atom. The van der Waals surface area contributed by atoms with Crippen LogP contribution >= 0.6 is 12.2 Å². The molecule has 12 heavy (non-hydrogen) atoms. The first-order valence-electron chi connectivity index (χ1n) is 3.29. The van der Waals surface area contributed by atoms with Crippen molar-refractivity contribution in [3.05, 3.63) is 18.0 Å². The van der Waals surface area contributed by atoms with Crippen LogP contribution in [0.25, 0.3) is 0 Å². The number of hydrazine groups is 1. The zero-order valence-corrected chi connectivity index (χ0v) is 7.35. The van der Waals surface area contributed by atoms with Crippen LogP contribution in [-0.4, -0.2) is 15.1 Å². The van der Waals surface area contributed by atoms with E-state index in [-0.39, 0.29) is 5.11 Å². The number of hydrogen-bond donors (Lipinski definition) is 3. The molecule has 0 amide bonds. The molecule has 64 valence electrons. The molecular formula is C6H9N5S. The minimum absolute atomic E-state index is 0.153. The van der Waals surface area contributed by atoms with Crippen molar-refractivity contribution in [3.63, 3.8) is 0 Å². The molecule has 0 saturated heterocycles. The van der Waals surface area contributed by atoms with Gasteiger partial charge in [0.25, 0.3) is 0 Å². The van der Waals surface area contributed by atoms with Crippen molar-refractivity contribution < 1.29 is 0 Å². The monoisotopic (exact) mass is 183 g/mol. The highest BCUT2D eigenvalue weighted by molar-refractivity contribution is 7.80. The molecule has 4 N–H and O–H groups in total. The maximum absolute atomic E-state index is 5.18. The van der Waals surface area contributed by atoms with E-state index in [0.717, 1.165) is 5.69 Å². The van der Waals surface area contributed by atoms with Gasteiger partial charge in [0, 0.05) is 11.9 Å². The number of thiocarbonyl (C=S) groups is 1. The zero-order chi connectivity index (χ0) is 8.97. The van der Waals surface area contributed by atoms with Crippen LogP contribution in [0.5, 0.6) is 0 Å². The average Bonchev–Trinajstić information content (AvgIpc) is 2.01. The molecule has 0 aliphatic heterocycles. The van der Waals surface area contributed by atoms with E-state index in [4.69, 9.17) is 5.73 Å². The molecule has 5 nitrogen and oxygen atoms in total. The molecule has 0 unspecified atom stereocenters. The van der Waals surface area contributed by atoms with E-state index in [1.165, 1.54) is 0 Å². The minimum atomic E-state index is 0.153. The summed E-state index contributed by atoms with van der Waals surface area (Å²) in [5.41, 5.74) is 11.2. The average molecular weight is 183 g/mol. The van der Waals surface area contributed by atoms with Crippen LogP contribution in [0.15, 0.2) is 12.3 Å². The van der Waals surface area contributed by atoms with Crippen molar-refractivity contribution in [2.75, 3.05) is 5.43 Å². The molecule has 0 bridgehead atoms. The highest BCUT2D eigenvalue weighted by Gasteiger charge is 1.93. The summed E-state index contributed by atoms with van der Waals surface area (Å²) in [7, 11) is 0. The van der Waals surface area contributed by atoms with Gasteiger partial charge in [0.05, 0.1) is 0 Å². The third kappa shape index (κ3) is 2.67. The van der Waals surface area contributed by atoms with Crippen LogP contribution in [0, 0.1) is 6.92 Å². The molecule has 0 aliphatic rings. The lowest BCUT2D eigenvalue weighted by atomic mass is 10.5. The Balaban J connectivity index is 2.57. The van der Waals surface area contributed by atoms with E-state index in [9.17, 15) is 0 Å². The predicted molar refractivity (Wildman–Crippen MR) is 50.3 cm³/mol. The topological polar surface area (TPSA) is 75.9 Å². The summed E-state index contributed by atoms with van der Waals surface area (Å²) < 4.78 is 0. The number of rotatable bonds is 2. The number of nitrogens with zero attached hydrogens (tertiary/aromatic N) is 2. The minimum Gasteiger partial charge on any atom is -0.375 e.